The summed E-state index contributed by atoms with van der Waals surface area (Å²) in [5, 5.41) is 19.8. The van der Waals surface area contributed by atoms with E-state index in [0.717, 1.165) is 55.4 Å². The third-order valence-electron chi connectivity index (χ3n) is 11.2. The molecule has 3 amide bonds. The summed E-state index contributed by atoms with van der Waals surface area (Å²) in [5.74, 6) is 0.0214. The number of fused-ring (bicyclic) bond motifs is 2. The topological polar surface area (TPSA) is 211 Å². The quantitative estimate of drug-likeness (QED) is 0.0483. The molecule has 0 atom stereocenters. The lowest BCUT2D eigenvalue weighted by molar-refractivity contribution is -0.121. The van der Waals surface area contributed by atoms with Gasteiger partial charge in [-0.15, -0.1) is 0 Å². The number of H-pyrrole nitrogens is 1. The van der Waals surface area contributed by atoms with Gasteiger partial charge in [-0.3, -0.25) is 19.4 Å². The number of aryl methyl sites for hydroxylation is 2. The number of pyridine rings is 2. The van der Waals surface area contributed by atoms with Crippen LogP contribution in [0.5, 0.6) is 17.5 Å². The van der Waals surface area contributed by atoms with Crippen molar-refractivity contribution in [1.82, 2.24) is 40.5 Å². The number of halogens is 1. The zero-order valence-electron chi connectivity index (χ0n) is 36.6. The first-order valence-electron chi connectivity index (χ1n) is 21.4. The third kappa shape index (κ3) is 10.1. The molecule has 8 rings (SSSR count). The summed E-state index contributed by atoms with van der Waals surface area (Å²) in [5.41, 5.74) is 16.3. The molecule has 0 aliphatic rings. The number of aromatic hydroxyl groups is 1. The first kappa shape index (κ1) is 44.8. The zero-order valence-corrected chi connectivity index (χ0v) is 37.3. The number of hydrogen-bond donors (Lipinski definition) is 6. The summed E-state index contributed by atoms with van der Waals surface area (Å²) in [4.78, 5) is 55.0. The van der Waals surface area contributed by atoms with Crippen molar-refractivity contribution in [3.63, 3.8) is 0 Å². The van der Waals surface area contributed by atoms with Gasteiger partial charge in [0.25, 0.3) is 17.8 Å². The number of ether oxygens (including phenoxy) is 2. The summed E-state index contributed by atoms with van der Waals surface area (Å²) >= 11 is 6.72. The highest BCUT2D eigenvalue weighted by molar-refractivity contribution is 6.34. The van der Waals surface area contributed by atoms with E-state index in [1.54, 1.807) is 67.0 Å². The number of carbonyl (C=O) groups excluding carboxylic acids is 3. The zero-order chi connectivity index (χ0) is 46.3. The fourth-order valence-corrected chi connectivity index (χ4v) is 8.00. The second kappa shape index (κ2) is 20.0. The highest BCUT2D eigenvalue weighted by Crippen LogP contribution is 2.37. The average molecular weight is 906 g/mol. The number of aromatic nitrogens is 5. The van der Waals surface area contributed by atoms with Crippen LogP contribution in [-0.2, 0) is 23.0 Å². The van der Waals surface area contributed by atoms with Gasteiger partial charge in [0.1, 0.15) is 23.0 Å². The van der Waals surface area contributed by atoms with Gasteiger partial charge in [-0.1, -0.05) is 48.9 Å². The van der Waals surface area contributed by atoms with E-state index < -0.39 is 5.91 Å². The van der Waals surface area contributed by atoms with Gasteiger partial charge in [-0.25, -0.2) is 4.98 Å². The summed E-state index contributed by atoms with van der Waals surface area (Å²) in [6, 6.07) is 27.7. The van der Waals surface area contributed by atoms with Gasteiger partial charge in [0, 0.05) is 90.4 Å². The summed E-state index contributed by atoms with van der Waals surface area (Å²) < 4.78 is 13.7. The maximum absolute atomic E-state index is 13.1. The number of imidazole rings is 1. The molecule has 16 heteroatoms. The van der Waals surface area contributed by atoms with Gasteiger partial charge in [0.2, 0.25) is 5.91 Å². The minimum atomic E-state index is -0.408. The monoisotopic (exact) mass is 905 g/mol. The fraction of sp³-hybridized carbons (Fsp3) is 0.200. The maximum atomic E-state index is 13.1. The minimum Gasteiger partial charge on any atom is -0.508 e. The summed E-state index contributed by atoms with van der Waals surface area (Å²) in [6.07, 6.45) is 6.06. The normalized spacial score (nSPS) is 11.2. The second-order valence-electron chi connectivity index (χ2n) is 15.6. The predicted octanol–water partition coefficient (Wildman–Crippen LogP) is 8.13. The lowest BCUT2D eigenvalue weighted by Gasteiger charge is -2.16. The van der Waals surface area contributed by atoms with Gasteiger partial charge in [0.05, 0.1) is 29.3 Å². The number of benzene rings is 4. The SMILES string of the molecule is CCc1c(-c2ccc(C(=O)NCCC(=O)NCCOCCNC(=O)c3cc(Oc4nc5cc(-c6ccc7c(ccn7C)c6)c(Cl)cc5[nH]4)ccc3C)nc2)cnc(N)c1-c1ccc(O)cc1. The van der Waals surface area contributed by atoms with E-state index in [4.69, 9.17) is 26.8 Å². The Morgan fingerprint density at radius 3 is 2.35 bits per heavy atom. The van der Waals surface area contributed by atoms with E-state index >= 15 is 0 Å². The van der Waals surface area contributed by atoms with Crippen LogP contribution in [0.15, 0.2) is 110 Å². The van der Waals surface area contributed by atoms with Crippen LogP contribution < -0.4 is 26.4 Å². The Labute approximate surface area is 385 Å². The highest BCUT2D eigenvalue weighted by Gasteiger charge is 2.18. The molecule has 0 spiro atoms. The van der Waals surface area contributed by atoms with Crippen molar-refractivity contribution in [3.8, 4) is 50.9 Å². The second-order valence-corrected chi connectivity index (χ2v) is 16.0. The molecule has 4 heterocycles. The molecule has 15 nitrogen and oxygen atoms in total. The van der Waals surface area contributed by atoms with E-state index in [2.05, 4.69) is 58.7 Å². The van der Waals surface area contributed by atoms with Crippen molar-refractivity contribution >= 4 is 57.1 Å². The number of rotatable bonds is 17. The van der Waals surface area contributed by atoms with Gasteiger partial charge < -0.3 is 45.8 Å². The molecule has 66 heavy (non-hydrogen) atoms. The molecule has 7 N–H and O–H groups in total. The van der Waals surface area contributed by atoms with Crippen molar-refractivity contribution in [2.45, 2.75) is 26.7 Å². The molecule has 0 fully saturated rings. The van der Waals surface area contributed by atoms with Crippen LogP contribution in [0.4, 0.5) is 5.82 Å². The van der Waals surface area contributed by atoms with E-state index in [1.165, 1.54) is 0 Å². The van der Waals surface area contributed by atoms with E-state index in [-0.39, 0.29) is 68.5 Å². The van der Waals surface area contributed by atoms with Gasteiger partial charge in [-0.2, -0.15) is 4.98 Å². The predicted molar refractivity (Wildman–Crippen MR) is 256 cm³/mol. The molecule has 336 valence electrons. The molecule has 0 saturated carbocycles. The van der Waals surface area contributed by atoms with E-state index in [0.29, 0.717) is 39.6 Å². The Hall–Kier alpha value is -7.75. The van der Waals surface area contributed by atoms with Gasteiger partial charge >= 0.3 is 0 Å². The number of aromatic amines is 1. The van der Waals surface area contributed by atoms with Crippen LogP contribution in [-0.4, -0.2) is 80.2 Å². The first-order chi connectivity index (χ1) is 31.9. The summed E-state index contributed by atoms with van der Waals surface area (Å²) in [7, 11) is 2.01. The Morgan fingerprint density at radius 2 is 1.58 bits per heavy atom. The Morgan fingerprint density at radius 1 is 0.818 bits per heavy atom. The van der Waals surface area contributed by atoms with Crippen molar-refractivity contribution in [2.24, 2.45) is 7.05 Å². The molecule has 0 radical (unpaired) electrons. The average Bonchev–Trinajstić information content (AvgIpc) is 3.89. The number of amides is 3. The molecule has 4 aromatic carbocycles. The van der Waals surface area contributed by atoms with E-state index in [1.807, 2.05) is 45.3 Å². The lowest BCUT2D eigenvalue weighted by Crippen LogP contribution is -2.33. The van der Waals surface area contributed by atoms with Crippen molar-refractivity contribution in [2.75, 3.05) is 38.6 Å². The van der Waals surface area contributed by atoms with Crippen LogP contribution in [0.1, 0.15) is 45.3 Å². The van der Waals surface area contributed by atoms with Gasteiger partial charge in [0.15, 0.2) is 0 Å². The fourth-order valence-electron chi connectivity index (χ4n) is 7.73. The smallest absolute Gasteiger partial charge is 0.300 e. The first-order valence-corrected chi connectivity index (χ1v) is 21.8. The van der Waals surface area contributed by atoms with Crippen molar-refractivity contribution in [3.05, 3.63) is 137 Å². The Bertz CT molecular complexity index is 3070. The van der Waals surface area contributed by atoms with Crippen LogP contribution >= 0.6 is 11.6 Å². The number of hydrogen-bond acceptors (Lipinski definition) is 10. The largest absolute Gasteiger partial charge is 0.508 e. The van der Waals surface area contributed by atoms with Gasteiger partial charge in [-0.05, 0) is 96.3 Å². The molecule has 0 saturated heterocycles. The maximum Gasteiger partial charge on any atom is 0.300 e. The molecule has 0 aliphatic carbocycles. The van der Waals surface area contributed by atoms with Crippen molar-refractivity contribution in [1.29, 1.82) is 0 Å². The molecule has 4 aromatic heterocycles. The lowest BCUT2D eigenvalue weighted by atomic mass is 9.92. The molecular weight excluding hydrogens is 858 g/mol. The number of anilines is 1. The third-order valence-corrected chi connectivity index (χ3v) is 11.5. The van der Waals surface area contributed by atoms with Crippen LogP contribution in [0.25, 0.3) is 55.3 Å². The number of nitrogens with two attached hydrogens (primary N) is 1. The number of nitrogens with one attached hydrogen (secondary N) is 4. The molecule has 8 aromatic rings. The Balaban J connectivity index is 0.743. The minimum absolute atomic E-state index is 0.0662. The van der Waals surface area contributed by atoms with Crippen molar-refractivity contribution < 1.29 is 29.0 Å². The van der Waals surface area contributed by atoms with E-state index in [9.17, 15) is 19.5 Å². The molecular formula is C50H48ClN9O6. The summed E-state index contributed by atoms with van der Waals surface area (Å²) in [6.45, 7) is 4.95. The number of nitrogen functional groups attached to an aromatic ring is 1. The number of nitrogens with zero attached hydrogens (tertiary/aromatic N) is 4. The number of phenolic OH excluding ortho intramolecular Hbond substituents is 1. The highest BCUT2D eigenvalue weighted by atomic mass is 35.5. The van der Waals surface area contributed by atoms with Crippen LogP contribution in [0, 0.1) is 6.92 Å². The van der Waals surface area contributed by atoms with Crippen LogP contribution in [0.3, 0.4) is 0 Å². The van der Waals surface area contributed by atoms with Crippen LogP contribution in [0.2, 0.25) is 5.02 Å². The molecule has 0 unspecified atom stereocenters. The molecule has 0 aliphatic heterocycles. The number of carbonyl (C=O) groups is 3. The number of phenols is 1. The molecule has 0 bridgehead atoms. The standard InChI is InChI=1S/C50H48ClN9O6/c1-4-36-39(28-57-47(52)46(36)30-6-10-34(61)11-7-30)33-8-13-41(56-27-33)49(64)54-17-15-45(62)53-18-21-65-22-19-55-48(63)37-24-35(12-5-29(37)2)66-50-58-42-25-38(40(51)26-43(42)59-50)31-9-14-44-32(23-31)16-20-60(44)3/h5-14,16,20,23-28,61H,4,15,17-19,21-22H2,1-3H3,(H2,52,57)(H,53,62)(H,54,64)(H,55,63)(H,58,59). The Kier molecular flexibility index (Phi) is 13.6.